The van der Waals surface area contributed by atoms with Crippen LogP contribution in [0.15, 0.2) is 66.7 Å². The van der Waals surface area contributed by atoms with Crippen molar-refractivity contribution in [1.29, 1.82) is 0 Å². The van der Waals surface area contributed by atoms with Crippen LogP contribution in [-0.2, 0) is 13.2 Å². The topological polar surface area (TPSA) is 64.3 Å². The number of hydrogen-bond acceptors (Lipinski definition) is 3. The summed E-state index contributed by atoms with van der Waals surface area (Å²) >= 11 is 0. The molecule has 4 aromatic rings. The molecule has 4 rings (SSSR count). The molecule has 146 valence electrons. The van der Waals surface area contributed by atoms with E-state index in [0.29, 0.717) is 12.3 Å². The number of ether oxygens (including phenoxy) is 1. The molecule has 5 heteroatoms. The van der Waals surface area contributed by atoms with Crippen molar-refractivity contribution in [3.8, 4) is 5.75 Å². The van der Waals surface area contributed by atoms with Crippen LogP contribution in [0.4, 0.5) is 0 Å². The molecular weight excluding hydrogens is 364 g/mol. The first-order valence-corrected chi connectivity index (χ1v) is 9.48. The van der Waals surface area contributed by atoms with Gasteiger partial charge in [0.25, 0.3) is 0 Å². The van der Waals surface area contributed by atoms with E-state index in [4.69, 9.17) is 9.72 Å². The Morgan fingerprint density at radius 3 is 2.48 bits per heavy atom. The molecule has 0 aliphatic carbocycles. The maximum absolute atomic E-state index is 11.4. The molecule has 0 fully saturated rings. The number of carbonyl (C=O) groups is 1. The first-order valence-electron chi connectivity index (χ1n) is 9.48. The minimum atomic E-state index is -1.01. The first-order chi connectivity index (χ1) is 14.0. The maximum Gasteiger partial charge on any atom is 0.339 e. The number of para-hydroxylation sites is 1. The minimum absolute atomic E-state index is 0.143. The highest BCUT2D eigenvalue weighted by atomic mass is 16.5. The summed E-state index contributed by atoms with van der Waals surface area (Å²) in [5.74, 6) is 0.0841. The molecule has 29 heavy (non-hydrogen) atoms. The summed E-state index contributed by atoms with van der Waals surface area (Å²) in [6, 6.07) is 21.3. The van der Waals surface area contributed by atoms with Gasteiger partial charge in [-0.25, -0.2) is 9.78 Å². The van der Waals surface area contributed by atoms with Crippen molar-refractivity contribution in [3.63, 3.8) is 0 Å². The van der Waals surface area contributed by atoms with E-state index >= 15 is 0 Å². The molecular formula is C24H22N2O3. The number of fused-ring (bicyclic) bond motifs is 1. The number of nitrogens with zero attached hydrogens (tertiary/aromatic N) is 2. The number of rotatable bonds is 6. The number of benzene rings is 3. The Labute approximate surface area is 169 Å². The minimum Gasteiger partial charge on any atom is -0.485 e. The lowest BCUT2D eigenvalue weighted by atomic mass is 10.1. The zero-order chi connectivity index (χ0) is 20.4. The molecule has 0 amide bonds. The number of hydrogen-bond donors (Lipinski definition) is 1. The van der Waals surface area contributed by atoms with Crippen LogP contribution in [0.25, 0.3) is 11.0 Å². The Bertz CT molecular complexity index is 1180. The van der Waals surface area contributed by atoms with E-state index in [0.717, 1.165) is 22.4 Å². The summed E-state index contributed by atoms with van der Waals surface area (Å²) in [7, 11) is 0. The van der Waals surface area contributed by atoms with Crippen LogP contribution >= 0.6 is 0 Å². The van der Waals surface area contributed by atoms with Crippen molar-refractivity contribution in [2.24, 2.45) is 0 Å². The average Bonchev–Trinajstić information content (AvgIpc) is 3.04. The Morgan fingerprint density at radius 1 is 1.00 bits per heavy atom. The highest BCUT2D eigenvalue weighted by Crippen LogP contribution is 2.23. The van der Waals surface area contributed by atoms with Gasteiger partial charge in [-0.15, -0.1) is 0 Å². The lowest BCUT2D eigenvalue weighted by molar-refractivity contribution is 0.0691. The third-order valence-electron chi connectivity index (χ3n) is 4.92. The predicted molar refractivity (Wildman–Crippen MR) is 112 cm³/mol. The summed E-state index contributed by atoms with van der Waals surface area (Å²) in [4.78, 5) is 16.2. The van der Waals surface area contributed by atoms with Crippen LogP contribution in [0.5, 0.6) is 5.75 Å². The summed E-state index contributed by atoms with van der Waals surface area (Å²) in [6.45, 7) is 4.96. The van der Waals surface area contributed by atoms with Gasteiger partial charge in [-0.3, -0.25) is 0 Å². The Balaban J connectivity index is 1.69. The van der Waals surface area contributed by atoms with E-state index < -0.39 is 5.97 Å². The molecule has 1 N–H and O–H groups in total. The fourth-order valence-electron chi connectivity index (χ4n) is 3.36. The molecule has 0 spiro atoms. The molecule has 0 bridgehead atoms. The molecule has 0 unspecified atom stereocenters. The number of aromatic nitrogens is 2. The second-order valence-corrected chi connectivity index (χ2v) is 7.18. The van der Waals surface area contributed by atoms with Crippen LogP contribution in [0, 0.1) is 13.8 Å². The van der Waals surface area contributed by atoms with Gasteiger partial charge in [-0.05, 0) is 49.2 Å². The van der Waals surface area contributed by atoms with Gasteiger partial charge in [-0.1, -0.05) is 48.0 Å². The number of aromatic carboxylic acids is 1. The molecule has 1 heterocycles. The molecule has 0 aliphatic rings. The molecule has 1 aromatic heterocycles. The third-order valence-corrected chi connectivity index (χ3v) is 4.92. The van der Waals surface area contributed by atoms with Gasteiger partial charge in [0.1, 0.15) is 23.7 Å². The van der Waals surface area contributed by atoms with Crippen molar-refractivity contribution in [2.75, 3.05) is 0 Å². The summed E-state index contributed by atoms with van der Waals surface area (Å²) in [6.07, 6.45) is 0. The second-order valence-electron chi connectivity index (χ2n) is 7.18. The lowest BCUT2D eigenvalue weighted by Gasteiger charge is -2.12. The molecule has 0 radical (unpaired) electrons. The van der Waals surface area contributed by atoms with Gasteiger partial charge in [0.2, 0.25) is 0 Å². The van der Waals surface area contributed by atoms with Crippen LogP contribution < -0.4 is 4.74 Å². The van der Waals surface area contributed by atoms with Gasteiger partial charge < -0.3 is 14.4 Å². The van der Waals surface area contributed by atoms with Crippen molar-refractivity contribution >= 4 is 17.0 Å². The normalized spacial score (nSPS) is 11.0. The Morgan fingerprint density at radius 2 is 1.72 bits per heavy atom. The standard InChI is InChI=1S/C24H22N2O3/c1-16-7-10-18(11-8-16)14-26-21-12-9-17(2)13-20(21)25-23(26)15-29-22-6-4-3-5-19(22)24(27)28/h3-13H,14-15H2,1-2H3,(H,27,28). The molecule has 0 atom stereocenters. The van der Waals surface area contributed by atoms with E-state index in [1.807, 2.05) is 6.92 Å². The molecule has 5 nitrogen and oxygen atoms in total. The Hall–Kier alpha value is -3.60. The van der Waals surface area contributed by atoms with Crippen molar-refractivity contribution in [1.82, 2.24) is 9.55 Å². The zero-order valence-electron chi connectivity index (χ0n) is 16.4. The van der Waals surface area contributed by atoms with Crippen LogP contribution in [-0.4, -0.2) is 20.6 Å². The largest absolute Gasteiger partial charge is 0.485 e. The fraction of sp³-hybridized carbons (Fsp3) is 0.167. The van der Waals surface area contributed by atoms with E-state index in [9.17, 15) is 9.90 Å². The Kier molecular flexibility index (Phi) is 5.04. The highest BCUT2D eigenvalue weighted by molar-refractivity contribution is 5.90. The second kappa shape index (κ2) is 7.80. The van der Waals surface area contributed by atoms with Gasteiger partial charge >= 0.3 is 5.97 Å². The average molecular weight is 386 g/mol. The maximum atomic E-state index is 11.4. The zero-order valence-corrected chi connectivity index (χ0v) is 16.4. The van der Waals surface area contributed by atoms with E-state index in [-0.39, 0.29) is 12.2 Å². The predicted octanol–water partition coefficient (Wildman–Crippen LogP) is 4.98. The van der Waals surface area contributed by atoms with Crippen LogP contribution in [0.1, 0.15) is 32.9 Å². The number of aryl methyl sites for hydroxylation is 2. The van der Waals surface area contributed by atoms with Gasteiger partial charge in [0, 0.05) is 6.54 Å². The van der Waals surface area contributed by atoms with Gasteiger partial charge in [0.15, 0.2) is 0 Å². The summed E-state index contributed by atoms with van der Waals surface area (Å²) in [5, 5.41) is 9.38. The fourth-order valence-corrected chi connectivity index (χ4v) is 3.36. The molecule has 3 aromatic carbocycles. The SMILES string of the molecule is Cc1ccc(Cn2c(COc3ccccc3C(=O)O)nc3cc(C)ccc32)cc1. The van der Waals surface area contributed by atoms with E-state index in [1.54, 1.807) is 18.2 Å². The number of carboxylic acid groups (broad SMARTS) is 1. The van der Waals surface area contributed by atoms with Crippen molar-refractivity contribution in [3.05, 3.63) is 94.8 Å². The summed E-state index contributed by atoms with van der Waals surface area (Å²) in [5.41, 5.74) is 5.60. The number of carboxylic acids is 1. The molecule has 0 saturated heterocycles. The molecule has 0 saturated carbocycles. The van der Waals surface area contributed by atoms with Crippen LogP contribution in [0.2, 0.25) is 0 Å². The van der Waals surface area contributed by atoms with E-state index in [1.165, 1.54) is 17.2 Å². The van der Waals surface area contributed by atoms with E-state index in [2.05, 4.69) is 54.0 Å². The molecule has 0 aliphatic heterocycles. The third kappa shape index (κ3) is 3.99. The first kappa shape index (κ1) is 18.7. The van der Waals surface area contributed by atoms with Gasteiger partial charge in [0.05, 0.1) is 11.0 Å². The number of imidazole rings is 1. The lowest BCUT2D eigenvalue weighted by Crippen LogP contribution is -2.10. The van der Waals surface area contributed by atoms with Gasteiger partial charge in [-0.2, -0.15) is 0 Å². The quantitative estimate of drug-likeness (QED) is 0.508. The van der Waals surface area contributed by atoms with Crippen molar-refractivity contribution < 1.29 is 14.6 Å². The van der Waals surface area contributed by atoms with Crippen molar-refractivity contribution in [2.45, 2.75) is 27.0 Å². The monoisotopic (exact) mass is 386 g/mol. The highest BCUT2D eigenvalue weighted by Gasteiger charge is 2.15. The van der Waals surface area contributed by atoms with Crippen LogP contribution in [0.3, 0.4) is 0 Å². The summed E-state index contributed by atoms with van der Waals surface area (Å²) < 4.78 is 8.01. The smallest absolute Gasteiger partial charge is 0.339 e.